The number of hydrogen-bond donors (Lipinski definition) is 1. The number of rotatable bonds is 0. The molecule has 1 heterocycles. The van der Waals surface area contributed by atoms with E-state index in [1.807, 2.05) is 0 Å². The van der Waals surface area contributed by atoms with Crippen LogP contribution in [0.3, 0.4) is 0 Å². The maximum absolute atomic E-state index is 10.6. The maximum Gasteiger partial charge on any atom is 0.415 e. The molecule has 1 aromatic rings. The van der Waals surface area contributed by atoms with Crippen molar-refractivity contribution in [3.8, 4) is 0 Å². The number of fused-ring (bicyclic) bond motifs is 1. The van der Waals surface area contributed by atoms with Crippen LogP contribution < -0.4 is 0 Å². The van der Waals surface area contributed by atoms with Crippen LogP contribution in [0.5, 0.6) is 0 Å². The Morgan fingerprint density at radius 3 is 2.17 bits per heavy atom. The van der Waals surface area contributed by atoms with Crippen LogP contribution in [-0.4, -0.2) is 15.8 Å². The molecule has 1 aliphatic carbocycles. The molecule has 1 aromatic heterocycles. The number of allylic oxidation sites excluding steroid dienone is 2. The highest BCUT2D eigenvalue weighted by molar-refractivity contribution is 5.69. The van der Waals surface area contributed by atoms with Crippen LogP contribution in [0.15, 0.2) is 24.5 Å². The van der Waals surface area contributed by atoms with Crippen molar-refractivity contribution < 1.29 is 9.90 Å². The second kappa shape index (κ2) is 2.52. The third-order valence-electron chi connectivity index (χ3n) is 2.07. The van der Waals surface area contributed by atoms with Gasteiger partial charge >= 0.3 is 6.09 Å². The zero-order valence-corrected chi connectivity index (χ0v) is 6.53. The van der Waals surface area contributed by atoms with Crippen LogP contribution in [0.25, 0.3) is 0 Å². The first-order valence-corrected chi connectivity index (χ1v) is 3.85. The molecule has 0 amide bonds. The van der Waals surface area contributed by atoms with E-state index in [0.717, 1.165) is 24.0 Å². The van der Waals surface area contributed by atoms with E-state index < -0.39 is 6.09 Å². The van der Waals surface area contributed by atoms with E-state index in [-0.39, 0.29) is 0 Å². The molecule has 1 aliphatic rings. The first kappa shape index (κ1) is 7.16. The van der Waals surface area contributed by atoms with Crippen molar-refractivity contribution >= 4 is 6.09 Å². The molecule has 0 saturated heterocycles. The van der Waals surface area contributed by atoms with Gasteiger partial charge in [-0.3, -0.25) is 4.57 Å². The molecule has 0 saturated carbocycles. The van der Waals surface area contributed by atoms with Crippen LogP contribution >= 0.6 is 0 Å². The monoisotopic (exact) mass is 163 g/mol. The number of nitrogens with zero attached hydrogens (tertiary/aromatic N) is 1. The van der Waals surface area contributed by atoms with Crippen molar-refractivity contribution in [3.63, 3.8) is 0 Å². The Labute approximate surface area is 69.9 Å². The summed E-state index contributed by atoms with van der Waals surface area (Å²) in [5.41, 5.74) is 2.25. The minimum absolute atomic E-state index is 0.857. The van der Waals surface area contributed by atoms with Crippen molar-refractivity contribution in [2.45, 2.75) is 12.8 Å². The third kappa shape index (κ3) is 1.03. The van der Waals surface area contributed by atoms with E-state index in [9.17, 15) is 4.79 Å². The molecule has 1 N–H and O–H groups in total. The minimum Gasteiger partial charge on any atom is -0.464 e. The highest BCUT2D eigenvalue weighted by Crippen LogP contribution is 2.17. The summed E-state index contributed by atoms with van der Waals surface area (Å²) in [6.07, 6.45) is 8.29. The molecule has 0 spiro atoms. The first-order chi connectivity index (χ1) is 5.77. The highest BCUT2D eigenvalue weighted by atomic mass is 16.4. The average molecular weight is 163 g/mol. The summed E-state index contributed by atoms with van der Waals surface area (Å²) in [6, 6.07) is 0. The number of aromatic nitrogens is 1. The molecular formula is C9H9NO2. The van der Waals surface area contributed by atoms with Crippen LogP contribution in [0.4, 0.5) is 4.79 Å². The second-order valence-corrected chi connectivity index (χ2v) is 2.88. The normalized spacial score (nSPS) is 14.3. The molecule has 0 aliphatic heterocycles. The largest absolute Gasteiger partial charge is 0.464 e. The van der Waals surface area contributed by atoms with Gasteiger partial charge in [-0.05, 0) is 24.0 Å². The molecular weight excluding hydrogens is 154 g/mol. The van der Waals surface area contributed by atoms with Gasteiger partial charge in [0.25, 0.3) is 0 Å². The lowest BCUT2D eigenvalue weighted by Gasteiger charge is -2.01. The van der Waals surface area contributed by atoms with E-state index >= 15 is 0 Å². The minimum atomic E-state index is -0.913. The fourth-order valence-electron chi connectivity index (χ4n) is 1.44. The van der Waals surface area contributed by atoms with Gasteiger partial charge in [0, 0.05) is 12.4 Å². The van der Waals surface area contributed by atoms with E-state index in [1.54, 1.807) is 12.4 Å². The molecule has 62 valence electrons. The summed E-state index contributed by atoms with van der Waals surface area (Å²) in [5, 5.41) is 8.68. The zero-order valence-electron chi connectivity index (χ0n) is 6.53. The predicted molar refractivity (Wildman–Crippen MR) is 44.4 cm³/mol. The van der Waals surface area contributed by atoms with Crippen molar-refractivity contribution in [2.24, 2.45) is 0 Å². The first-order valence-electron chi connectivity index (χ1n) is 3.85. The van der Waals surface area contributed by atoms with Gasteiger partial charge in [-0.25, -0.2) is 4.79 Å². The Kier molecular flexibility index (Phi) is 1.50. The summed E-state index contributed by atoms with van der Waals surface area (Å²) in [5.74, 6) is 0. The van der Waals surface area contributed by atoms with Gasteiger partial charge in [0.1, 0.15) is 0 Å². The summed E-state index contributed by atoms with van der Waals surface area (Å²) >= 11 is 0. The molecule has 0 bridgehead atoms. The van der Waals surface area contributed by atoms with Crippen molar-refractivity contribution in [2.75, 3.05) is 0 Å². The smallest absolute Gasteiger partial charge is 0.415 e. The fourth-order valence-corrected chi connectivity index (χ4v) is 1.44. The summed E-state index contributed by atoms with van der Waals surface area (Å²) in [7, 11) is 0. The molecule has 3 nitrogen and oxygen atoms in total. The number of carboxylic acid groups (broad SMARTS) is 1. The van der Waals surface area contributed by atoms with E-state index in [0.29, 0.717) is 0 Å². The standard InChI is InChI=1S/C9H9NO2/c11-9(12)10-5-7-3-1-2-4-8(7)6-10/h1-2,5-6H,3-4H2,(H,11,12). The number of carbonyl (C=O) groups is 1. The maximum atomic E-state index is 10.6. The molecule has 0 aromatic carbocycles. The lowest BCUT2D eigenvalue weighted by atomic mass is 10.0. The van der Waals surface area contributed by atoms with Crippen LogP contribution in [0.2, 0.25) is 0 Å². The van der Waals surface area contributed by atoms with Gasteiger partial charge in [0.2, 0.25) is 0 Å². The van der Waals surface area contributed by atoms with Gasteiger partial charge in [-0.15, -0.1) is 0 Å². The Morgan fingerprint density at radius 2 is 1.75 bits per heavy atom. The van der Waals surface area contributed by atoms with Gasteiger partial charge in [-0.2, -0.15) is 0 Å². The highest BCUT2D eigenvalue weighted by Gasteiger charge is 2.10. The Hall–Kier alpha value is -1.51. The molecule has 0 unspecified atom stereocenters. The van der Waals surface area contributed by atoms with E-state index in [4.69, 9.17) is 5.11 Å². The fraction of sp³-hybridized carbons (Fsp3) is 0.222. The van der Waals surface area contributed by atoms with Crippen LogP contribution in [-0.2, 0) is 12.8 Å². The van der Waals surface area contributed by atoms with Crippen LogP contribution in [0.1, 0.15) is 11.1 Å². The topological polar surface area (TPSA) is 42.2 Å². The van der Waals surface area contributed by atoms with Crippen molar-refractivity contribution in [3.05, 3.63) is 35.7 Å². The molecule has 12 heavy (non-hydrogen) atoms. The predicted octanol–water partition coefficient (Wildman–Crippen LogP) is 1.67. The van der Waals surface area contributed by atoms with E-state index in [1.165, 1.54) is 4.57 Å². The zero-order chi connectivity index (χ0) is 8.55. The molecule has 0 radical (unpaired) electrons. The summed E-state index contributed by atoms with van der Waals surface area (Å²) in [4.78, 5) is 10.6. The van der Waals surface area contributed by atoms with E-state index in [2.05, 4.69) is 12.2 Å². The van der Waals surface area contributed by atoms with Crippen LogP contribution in [0, 0.1) is 0 Å². The molecule has 0 fully saturated rings. The van der Waals surface area contributed by atoms with Gasteiger partial charge in [0.15, 0.2) is 0 Å². The quantitative estimate of drug-likeness (QED) is 0.591. The SMILES string of the molecule is O=C(O)n1cc2c(c1)CC=CC2. The molecule has 3 heteroatoms. The number of hydrogen-bond acceptors (Lipinski definition) is 1. The van der Waals surface area contributed by atoms with Gasteiger partial charge < -0.3 is 5.11 Å². The molecule has 2 rings (SSSR count). The lowest BCUT2D eigenvalue weighted by molar-refractivity contribution is 0.196. The van der Waals surface area contributed by atoms with Gasteiger partial charge in [0.05, 0.1) is 0 Å². The summed E-state index contributed by atoms with van der Waals surface area (Å²) < 4.78 is 1.22. The summed E-state index contributed by atoms with van der Waals surface area (Å²) in [6.45, 7) is 0. The Morgan fingerprint density at radius 1 is 1.25 bits per heavy atom. The molecule has 0 atom stereocenters. The lowest BCUT2D eigenvalue weighted by Crippen LogP contribution is -2.03. The second-order valence-electron chi connectivity index (χ2n) is 2.88. The Bertz CT molecular complexity index is 324. The van der Waals surface area contributed by atoms with Gasteiger partial charge in [-0.1, -0.05) is 12.2 Å². The van der Waals surface area contributed by atoms with Crippen molar-refractivity contribution in [1.82, 2.24) is 4.57 Å². The Balaban J connectivity index is 2.41. The third-order valence-corrected chi connectivity index (χ3v) is 2.07. The average Bonchev–Trinajstić information content (AvgIpc) is 2.46. The van der Waals surface area contributed by atoms with Crippen molar-refractivity contribution in [1.29, 1.82) is 0 Å².